The van der Waals surface area contributed by atoms with Gasteiger partial charge in [0.2, 0.25) is 0 Å². The van der Waals surface area contributed by atoms with E-state index in [0.29, 0.717) is 12.5 Å². The van der Waals surface area contributed by atoms with Gasteiger partial charge in [0.05, 0.1) is 5.92 Å². The third-order valence-electron chi connectivity index (χ3n) is 3.58. The van der Waals surface area contributed by atoms with Crippen LogP contribution in [0, 0.1) is 11.8 Å². The average Bonchev–Trinajstić information content (AvgIpc) is 2.78. The predicted molar refractivity (Wildman–Crippen MR) is 71.7 cm³/mol. The lowest BCUT2D eigenvalue weighted by Crippen LogP contribution is -2.20. The molecule has 1 aromatic carbocycles. The summed E-state index contributed by atoms with van der Waals surface area (Å²) in [6, 6.07) is 8.44. The number of carbonyl (C=O) groups is 1. The molecule has 0 bridgehead atoms. The van der Waals surface area contributed by atoms with Gasteiger partial charge in [-0.05, 0) is 23.5 Å². The molecule has 1 aliphatic rings. The SMILES string of the molecule is CC(C)Cc1ccc(C2CNCC2C(=O)O)cc1. The van der Waals surface area contributed by atoms with Gasteiger partial charge in [0, 0.05) is 19.0 Å². The van der Waals surface area contributed by atoms with Crippen LogP contribution in [-0.2, 0) is 11.2 Å². The van der Waals surface area contributed by atoms with Crippen molar-refractivity contribution in [2.75, 3.05) is 13.1 Å². The van der Waals surface area contributed by atoms with Gasteiger partial charge in [-0.1, -0.05) is 38.1 Å². The summed E-state index contributed by atoms with van der Waals surface area (Å²) in [7, 11) is 0. The zero-order valence-corrected chi connectivity index (χ0v) is 11.0. The Morgan fingerprint density at radius 1 is 1.33 bits per heavy atom. The fraction of sp³-hybridized carbons (Fsp3) is 0.533. The highest BCUT2D eigenvalue weighted by Crippen LogP contribution is 2.28. The maximum Gasteiger partial charge on any atom is 0.308 e. The highest BCUT2D eigenvalue weighted by Gasteiger charge is 2.33. The molecule has 0 amide bonds. The smallest absolute Gasteiger partial charge is 0.308 e. The van der Waals surface area contributed by atoms with Crippen molar-refractivity contribution in [3.05, 3.63) is 35.4 Å². The molecule has 2 unspecified atom stereocenters. The summed E-state index contributed by atoms with van der Waals surface area (Å²) in [5.74, 6) is -0.233. The molecule has 1 fully saturated rings. The molecular formula is C15H21NO2. The molecule has 1 aliphatic heterocycles. The highest BCUT2D eigenvalue weighted by molar-refractivity contribution is 5.72. The molecule has 0 aromatic heterocycles. The van der Waals surface area contributed by atoms with Crippen molar-refractivity contribution in [2.24, 2.45) is 11.8 Å². The minimum absolute atomic E-state index is 0.107. The molecule has 0 aliphatic carbocycles. The van der Waals surface area contributed by atoms with Gasteiger partial charge in [0.25, 0.3) is 0 Å². The Kier molecular flexibility index (Phi) is 4.02. The average molecular weight is 247 g/mol. The molecule has 1 aromatic rings. The van der Waals surface area contributed by atoms with Crippen LogP contribution in [0.25, 0.3) is 0 Å². The van der Waals surface area contributed by atoms with Crippen LogP contribution < -0.4 is 5.32 Å². The third-order valence-corrected chi connectivity index (χ3v) is 3.58. The van der Waals surface area contributed by atoms with Gasteiger partial charge in [-0.25, -0.2) is 0 Å². The summed E-state index contributed by atoms with van der Waals surface area (Å²) in [4.78, 5) is 11.2. The number of carboxylic acids is 1. The summed E-state index contributed by atoms with van der Waals surface area (Å²) in [6.45, 7) is 5.75. The van der Waals surface area contributed by atoms with E-state index < -0.39 is 5.97 Å². The Morgan fingerprint density at radius 3 is 2.56 bits per heavy atom. The number of nitrogens with one attached hydrogen (secondary N) is 1. The molecular weight excluding hydrogens is 226 g/mol. The largest absolute Gasteiger partial charge is 0.481 e. The van der Waals surface area contributed by atoms with Crippen LogP contribution in [-0.4, -0.2) is 24.2 Å². The van der Waals surface area contributed by atoms with Crippen molar-refractivity contribution in [1.29, 1.82) is 0 Å². The van der Waals surface area contributed by atoms with Gasteiger partial charge < -0.3 is 10.4 Å². The number of benzene rings is 1. The van der Waals surface area contributed by atoms with Gasteiger partial charge in [-0.15, -0.1) is 0 Å². The quantitative estimate of drug-likeness (QED) is 0.858. The van der Waals surface area contributed by atoms with Gasteiger partial charge in [-0.3, -0.25) is 4.79 Å². The summed E-state index contributed by atoms with van der Waals surface area (Å²) >= 11 is 0. The monoisotopic (exact) mass is 247 g/mol. The first-order chi connectivity index (χ1) is 8.58. The molecule has 3 heteroatoms. The maximum atomic E-state index is 11.2. The van der Waals surface area contributed by atoms with Gasteiger partial charge >= 0.3 is 5.97 Å². The van der Waals surface area contributed by atoms with Crippen LogP contribution in [0.5, 0.6) is 0 Å². The predicted octanol–water partition coefficient (Wildman–Crippen LogP) is 2.27. The molecule has 0 radical (unpaired) electrons. The molecule has 1 heterocycles. The minimum Gasteiger partial charge on any atom is -0.481 e. The van der Waals surface area contributed by atoms with E-state index in [1.165, 1.54) is 5.56 Å². The Labute approximate surface area is 108 Å². The first kappa shape index (κ1) is 13.1. The highest BCUT2D eigenvalue weighted by atomic mass is 16.4. The first-order valence-corrected chi connectivity index (χ1v) is 6.60. The number of hydrogen-bond acceptors (Lipinski definition) is 2. The topological polar surface area (TPSA) is 49.3 Å². The molecule has 0 saturated carbocycles. The number of carboxylic acid groups (broad SMARTS) is 1. The Hall–Kier alpha value is -1.35. The number of hydrogen-bond donors (Lipinski definition) is 2. The van der Waals surface area contributed by atoms with Crippen molar-refractivity contribution in [2.45, 2.75) is 26.2 Å². The van der Waals surface area contributed by atoms with Crippen LogP contribution in [0.2, 0.25) is 0 Å². The fourth-order valence-corrected chi connectivity index (χ4v) is 2.66. The zero-order chi connectivity index (χ0) is 13.1. The number of aliphatic carboxylic acids is 1. The molecule has 98 valence electrons. The van der Waals surface area contributed by atoms with Crippen molar-refractivity contribution < 1.29 is 9.90 Å². The Balaban J connectivity index is 2.11. The summed E-state index contributed by atoms with van der Waals surface area (Å²) < 4.78 is 0. The summed E-state index contributed by atoms with van der Waals surface area (Å²) in [5.41, 5.74) is 2.46. The molecule has 18 heavy (non-hydrogen) atoms. The zero-order valence-electron chi connectivity index (χ0n) is 11.0. The van der Waals surface area contributed by atoms with E-state index in [4.69, 9.17) is 0 Å². The van der Waals surface area contributed by atoms with E-state index in [0.717, 1.165) is 18.5 Å². The maximum absolute atomic E-state index is 11.2. The van der Waals surface area contributed by atoms with Gasteiger partial charge in [-0.2, -0.15) is 0 Å². The standard InChI is InChI=1S/C15H21NO2/c1-10(2)7-11-3-5-12(6-4-11)13-8-16-9-14(13)15(17)18/h3-6,10,13-14,16H,7-9H2,1-2H3,(H,17,18). The Morgan fingerprint density at radius 2 is 2.00 bits per heavy atom. The van der Waals surface area contributed by atoms with E-state index in [-0.39, 0.29) is 11.8 Å². The Bertz CT molecular complexity index is 411. The lowest BCUT2D eigenvalue weighted by Gasteiger charge is -2.15. The van der Waals surface area contributed by atoms with Crippen molar-refractivity contribution in [3.8, 4) is 0 Å². The molecule has 3 nitrogen and oxygen atoms in total. The lowest BCUT2D eigenvalue weighted by molar-refractivity contribution is -0.141. The van der Waals surface area contributed by atoms with E-state index in [2.05, 4.69) is 43.4 Å². The van der Waals surface area contributed by atoms with E-state index in [9.17, 15) is 9.90 Å². The molecule has 1 saturated heterocycles. The molecule has 2 atom stereocenters. The molecule has 0 spiro atoms. The van der Waals surface area contributed by atoms with Crippen molar-refractivity contribution in [3.63, 3.8) is 0 Å². The van der Waals surface area contributed by atoms with Crippen LogP contribution in [0.4, 0.5) is 0 Å². The third kappa shape index (κ3) is 2.91. The second-order valence-electron chi connectivity index (χ2n) is 5.55. The second kappa shape index (κ2) is 5.53. The van der Waals surface area contributed by atoms with E-state index in [1.54, 1.807) is 0 Å². The number of rotatable bonds is 4. The summed E-state index contributed by atoms with van der Waals surface area (Å²) in [5, 5.41) is 12.3. The molecule has 2 N–H and O–H groups in total. The van der Waals surface area contributed by atoms with Crippen molar-refractivity contribution in [1.82, 2.24) is 5.32 Å². The van der Waals surface area contributed by atoms with Crippen LogP contribution in [0.15, 0.2) is 24.3 Å². The minimum atomic E-state index is -0.698. The fourth-order valence-electron chi connectivity index (χ4n) is 2.66. The van der Waals surface area contributed by atoms with Crippen LogP contribution in [0.3, 0.4) is 0 Å². The normalized spacial score (nSPS) is 23.5. The second-order valence-corrected chi connectivity index (χ2v) is 5.55. The molecule has 2 rings (SSSR count). The van der Waals surface area contributed by atoms with Crippen molar-refractivity contribution >= 4 is 5.97 Å². The lowest BCUT2D eigenvalue weighted by atomic mass is 9.88. The van der Waals surface area contributed by atoms with Gasteiger partial charge in [0.15, 0.2) is 0 Å². The van der Waals surface area contributed by atoms with Crippen LogP contribution in [0.1, 0.15) is 30.9 Å². The van der Waals surface area contributed by atoms with E-state index >= 15 is 0 Å². The van der Waals surface area contributed by atoms with Gasteiger partial charge in [0.1, 0.15) is 0 Å². The first-order valence-electron chi connectivity index (χ1n) is 6.60. The van der Waals surface area contributed by atoms with E-state index in [1.807, 2.05) is 0 Å². The summed E-state index contributed by atoms with van der Waals surface area (Å²) in [6.07, 6.45) is 1.07. The van der Waals surface area contributed by atoms with Crippen LogP contribution >= 0.6 is 0 Å².